The zero-order chi connectivity index (χ0) is 8.43. The first kappa shape index (κ1) is 8.00. The number of carboxylic acid groups (broad SMARTS) is 1. The molecule has 0 aromatic carbocycles. The van der Waals surface area contributed by atoms with E-state index in [9.17, 15) is 9.59 Å². The molecule has 0 aromatic rings. The first-order chi connectivity index (χ1) is 5.16. The molecule has 1 atom stereocenters. The molecule has 2 N–H and O–H groups in total. The third-order valence-corrected chi connectivity index (χ3v) is 1.74. The van der Waals surface area contributed by atoms with Crippen LogP contribution in [0.25, 0.3) is 0 Å². The molecule has 1 saturated heterocycles. The van der Waals surface area contributed by atoms with Crippen molar-refractivity contribution in [2.75, 3.05) is 6.61 Å². The number of hydrogen-bond acceptors (Lipinski definition) is 3. The molecular formula is C6H9NO4. The molecule has 1 aliphatic rings. The van der Waals surface area contributed by atoms with E-state index < -0.39 is 18.0 Å². The number of aliphatic hydroxyl groups excluding tert-OH is 1. The molecule has 0 aromatic heterocycles. The van der Waals surface area contributed by atoms with Crippen LogP contribution in [0.4, 0.5) is 4.79 Å². The highest BCUT2D eigenvalue weighted by Crippen LogP contribution is 2.17. The Labute approximate surface area is 63.2 Å². The summed E-state index contributed by atoms with van der Waals surface area (Å²) in [6.45, 7) is -0.280. The van der Waals surface area contributed by atoms with E-state index in [1.54, 1.807) is 0 Å². The van der Waals surface area contributed by atoms with Gasteiger partial charge in [0.15, 0.2) is 0 Å². The maximum absolute atomic E-state index is 10.8. The second kappa shape index (κ2) is 2.87. The van der Waals surface area contributed by atoms with Gasteiger partial charge in [-0.15, -0.1) is 0 Å². The van der Waals surface area contributed by atoms with Crippen LogP contribution in [0.3, 0.4) is 0 Å². The van der Waals surface area contributed by atoms with Gasteiger partial charge in [0.25, 0.3) is 0 Å². The number of rotatable bonds is 1. The minimum absolute atomic E-state index is 0.220. The molecule has 5 nitrogen and oxygen atoms in total. The van der Waals surface area contributed by atoms with Gasteiger partial charge in [-0.25, -0.2) is 9.69 Å². The number of carbonyl (C=O) groups is 2. The minimum Gasteiger partial charge on any atom is -0.465 e. The van der Waals surface area contributed by atoms with Crippen molar-refractivity contribution >= 4 is 12.0 Å². The largest absolute Gasteiger partial charge is 0.465 e. The van der Waals surface area contributed by atoms with Gasteiger partial charge >= 0.3 is 6.09 Å². The lowest BCUT2D eigenvalue weighted by atomic mass is 10.2. The highest BCUT2D eigenvalue weighted by atomic mass is 16.4. The molecule has 2 amide bonds. The standard InChI is InChI=1S/C6H9NO4/c8-3-4-1-2-5(9)7(4)6(10)11/h4,8H,1-3H2,(H,10,11). The summed E-state index contributed by atoms with van der Waals surface area (Å²) in [7, 11) is 0. The predicted octanol–water partition coefficient (Wildman–Crippen LogP) is -0.352. The Morgan fingerprint density at radius 2 is 2.36 bits per heavy atom. The van der Waals surface area contributed by atoms with Crippen LogP contribution in [-0.4, -0.2) is 39.8 Å². The van der Waals surface area contributed by atoms with Gasteiger partial charge in [-0.1, -0.05) is 0 Å². The topological polar surface area (TPSA) is 77.8 Å². The third-order valence-electron chi connectivity index (χ3n) is 1.74. The summed E-state index contributed by atoms with van der Waals surface area (Å²) < 4.78 is 0. The summed E-state index contributed by atoms with van der Waals surface area (Å²) in [5, 5.41) is 17.1. The molecule has 1 aliphatic heterocycles. The number of amides is 2. The monoisotopic (exact) mass is 159 g/mol. The van der Waals surface area contributed by atoms with Crippen LogP contribution in [0, 0.1) is 0 Å². The maximum Gasteiger partial charge on any atom is 0.414 e. The van der Waals surface area contributed by atoms with Crippen LogP contribution in [-0.2, 0) is 4.79 Å². The van der Waals surface area contributed by atoms with Crippen molar-refractivity contribution in [3.8, 4) is 0 Å². The first-order valence-corrected chi connectivity index (χ1v) is 3.32. The second-order valence-corrected chi connectivity index (χ2v) is 2.42. The van der Waals surface area contributed by atoms with Crippen LogP contribution in [0.2, 0.25) is 0 Å². The molecule has 62 valence electrons. The Balaban J connectivity index is 2.71. The molecule has 5 heteroatoms. The Hall–Kier alpha value is -1.10. The van der Waals surface area contributed by atoms with Crippen LogP contribution < -0.4 is 0 Å². The molecule has 0 spiro atoms. The SMILES string of the molecule is O=C(O)N1C(=O)CCC1CO. The van der Waals surface area contributed by atoms with E-state index in [1.807, 2.05) is 0 Å². The van der Waals surface area contributed by atoms with Crippen molar-refractivity contribution in [2.24, 2.45) is 0 Å². The van der Waals surface area contributed by atoms with E-state index in [-0.39, 0.29) is 13.0 Å². The minimum atomic E-state index is -1.27. The van der Waals surface area contributed by atoms with Crippen LogP contribution >= 0.6 is 0 Å². The van der Waals surface area contributed by atoms with E-state index in [4.69, 9.17) is 10.2 Å². The van der Waals surface area contributed by atoms with Crippen molar-refractivity contribution < 1.29 is 19.8 Å². The van der Waals surface area contributed by atoms with E-state index in [1.165, 1.54) is 0 Å². The highest BCUT2D eigenvalue weighted by molar-refractivity contribution is 5.93. The normalized spacial score (nSPS) is 24.3. The zero-order valence-electron chi connectivity index (χ0n) is 5.86. The number of nitrogens with zero attached hydrogens (tertiary/aromatic N) is 1. The van der Waals surface area contributed by atoms with Gasteiger partial charge < -0.3 is 10.2 Å². The fraction of sp³-hybridized carbons (Fsp3) is 0.667. The molecule has 1 unspecified atom stereocenters. The van der Waals surface area contributed by atoms with E-state index in [0.717, 1.165) is 0 Å². The molecule has 1 rings (SSSR count). The van der Waals surface area contributed by atoms with Crippen molar-refractivity contribution in [3.05, 3.63) is 0 Å². The summed E-state index contributed by atoms with van der Waals surface area (Å²) in [6.07, 6.45) is -0.620. The highest BCUT2D eigenvalue weighted by Gasteiger charge is 2.34. The Bertz CT molecular complexity index is 191. The molecule has 1 heterocycles. The van der Waals surface area contributed by atoms with Gasteiger partial charge in [0, 0.05) is 6.42 Å². The van der Waals surface area contributed by atoms with Gasteiger partial charge in [-0.2, -0.15) is 0 Å². The Kier molecular flexibility index (Phi) is 2.09. The first-order valence-electron chi connectivity index (χ1n) is 3.32. The van der Waals surface area contributed by atoms with Crippen molar-refractivity contribution in [1.29, 1.82) is 0 Å². The molecule has 0 saturated carbocycles. The fourth-order valence-electron chi connectivity index (χ4n) is 1.18. The lowest BCUT2D eigenvalue weighted by molar-refractivity contribution is -0.127. The van der Waals surface area contributed by atoms with Crippen LogP contribution in [0.1, 0.15) is 12.8 Å². The predicted molar refractivity (Wildman–Crippen MR) is 35.0 cm³/mol. The Morgan fingerprint density at radius 3 is 2.73 bits per heavy atom. The summed E-state index contributed by atoms with van der Waals surface area (Å²) in [5.41, 5.74) is 0. The zero-order valence-corrected chi connectivity index (χ0v) is 5.86. The molecule has 0 radical (unpaired) electrons. The quantitative estimate of drug-likeness (QED) is 0.548. The number of hydrogen-bond donors (Lipinski definition) is 2. The third kappa shape index (κ3) is 1.32. The summed E-state index contributed by atoms with van der Waals surface area (Å²) in [4.78, 5) is 21.9. The van der Waals surface area contributed by atoms with Gasteiger partial charge in [0.05, 0.1) is 12.6 Å². The van der Waals surface area contributed by atoms with Crippen molar-refractivity contribution in [3.63, 3.8) is 0 Å². The van der Waals surface area contributed by atoms with Crippen LogP contribution in [0.5, 0.6) is 0 Å². The average Bonchev–Trinajstić information content (AvgIpc) is 2.30. The molecule has 1 fully saturated rings. The molecule has 0 aliphatic carbocycles. The molecule has 0 bridgehead atoms. The lowest BCUT2D eigenvalue weighted by Gasteiger charge is -2.16. The smallest absolute Gasteiger partial charge is 0.414 e. The van der Waals surface area contributed by atoms with Gasteiger partial charge in [0.2, 0.25) is 5.91 Å². The van der Waals surface area contributed by atoms with Gasteiger partial charge in [-0.3, -0.25) is 4.79 Å². The number of likely N-dealkylation sites (tertiary alicyclic amines) is 1. The second-order valence-electron chi connectivity index (χ2n) is 2.42. The summed E-state index contributed by atoms with van der Waals surface area (Å²) in [5.74, 6) is -0.420. The summed E-state index contributed by atoms with van der Waals surface area (Å²) >= 11 is 0. The van der Waals surface area contributed by atoms with Gasteiger partial charge in [-0.05, 0) is 6.42 Å². The van der Waals surface area contributed by atoms with E-state index in [0.29, 0.717) is 11.3 Å². The number of imide groups is 1. The number of aliphatic hydroxyl groups is 1. The van der Waals surface area contributed by atoms with Gasteiger partial charge in [0.1, 0.15) is 0 Å². The number of carbonyl (C=O) groups excluding carboxylic acids is 1. The average molecular weight is 159 g/mol. The van der Waals surface area contributed by atoms with E-state index >= 15 is 0 Å². The summed E-state index contributed by atoms with van der Waals surface area (Å²) in [6, 6.07) is -0.528. The van der Waals surface area contributed by atoms with Crippen molar-refractivity contribution in [1.82, 2.24) is 4.90 Å². The van der Waals surface area contributed by atoms with Crippen molar-refractivity contribution in [2.45, 2.75) is 18.9 Å². The van der Waals surface area contributed by atoms with E-state index in [2.05, 4.69) is 0 Å². The van der Waals surface area contributed by atoms with Crippen LogP contribution in [0.15, 0.2) is 0 Å². The lowest BCUT2D eigenvalue weighted by Crippen LogP contribution is -2.39. The fourth-order valence-corrected chi connectivity index (χ4v) is 1.18. The Morgan fingerprint density at radius 1 is 1.73 bits per heavy atom. The molecule has 11 heavy (non-hydrogen) atoms. The maximum atomic E-state index is 10.8. The molecular weight excluding hydrogens is 150 g/mol.